The Balaban J connectivity index is 0.000000336. The van der Waals surface area contributed by atoms with Crippen LogP contribution in [0.5, 0.6) is 0 Å². The van der Waals surface area contributed by atoms with E-state index in [2.05, 4.69) is 10.1 Å². The lowest BCUT2D eigenvalue weighted by atomic mass is 10.4. The number of aromatic nitrogens is 3. The highest BCUT2D eigenvalue weighted by molar-refractivity contribution is 5.73. The minimum absolute atomic E-state index is 0.949. The van der Waals surface area contributed by atoms with Crippen LogP contribution in [0.15, 0.2) is 24.5 Å². The first-order valence-corrected chi connectivity index (χ1v) is 4.10. The maximum atomic E-state index is 4.12. The first-order chi connectivity index (χ1) is 5.88. The van der Waals surface area contributed by atoms with Gasteiger partial charge in [-0.1, -0.05) is 13.8 Å². The van der Waals surface area contributed by atoms with Crippen molar-refractivity contribution in [3.8, 4) is 0 Å². The normalized spacial score (nSPS) is 9.25. The number of aryl methyl sites for hydroxylation is 1. The van der Waals surface area contributed by atoms with Crippen LogP contribution in [0.1, 0.15) is 13.8 Å². The Kier molecular flexibility index (Phi) is 2.80. The summed E-state index contributed by atoms with van der Waals surface area (Å²) < 4.78 is 1.81. The molecule has 0 amide bonds. The van der Waals surface area contributed by atoms with Crippen molar-refractivity contribution >= 4 is 11.0 Å². The predicted octanol–water partition coefficient (Wildman–Crippen LogP) is 1.99. The van der Waals surface area contributed by atoms with Gasteiger partial charge in [-0.25, -0.2) is 0 Å². The average molecular weight is 163 g/mol. The number of hydrogen-bond donors (Lipinski definition) is 0. The summed E-state index contributed by atoms with van der Waals surface area (Å²) in [5.74, 6) is 0. The molecule has 3 nitrogen and oxygen atoms in total. The lowest BCUT2D eigenvalue weighted by molar-refractivity contribution is 0.797. The summed E-state index contributed by atoms with van der Waals surface area (Å²) in [6.45, 7) is 4.00. The zero-order valence-corrected chi connectivity index (χ0v) is 7.65. The highest BCUT2D eigenvalue weighted by atomic mass is 15.3. The molecule has 0 aliphatic carbocycles. The molecule has 2 aromatic rings. The fourth-order valence-corrected chi connectivity index (χ4v) is 0.986. The van der Waals surface area contributed by atoms with Crippen molar-refractivity contribution in [3.05, 3.63) is 24.5 Å². The first kappa shape index (κ1) is 8.71. The number of rotatable bonds is 0. The van der Waals surface area contributed by atoms with Gasteiger partial charge < -0.3 is 0 Å². The second-order valence-corrected chi connectivity index (χ2v) is 2.18. The van der Waals surface area contributed by atoms with Crippen molar-refractivity contribution in [1.29, 1.82) is 0 Å². The minimum atomic E-state index is 0.949. The van der Waals surface area contributed by atoms with E-state index in [-0.39, 0.29) is 0 Å². The van der Waals surface area contributed by atoms with Crippen LogP contribution in [-0.2, 0) is 7.05 Å². The van der Waals surface area contributed by atoms with E-state index in [0.717, 1.165) is 11.0 Å². The number of pyridine rings is 1. The Morgan fingerprint density at radius 3 is 2.75 bits per heavy atom. The summed E-state index contributed by atoms with van der Waals surface area (Å²) >= 11 is 0. The molecule has 0 saturated carbocycles. The van der Waals surface area contributed by atoms with Gasteiger partial charge in [0.25, 0.3) is 0 Å². The van der Waals surface area contributed by atoms with E-state index < -0.39 is 0 Å². The van der Waals surface area contributed by atoms with Crippen LogP contribution in [0, 0.1) is 0 Å². The van der Waals surface area contributed by atoms with Crippen molar-refractivity contribution in [2.24, 2.45) is 7.05 Å². The Morgan fingerprint density at radius 2 is 2.08 bits per heavy atom. The smallest absolute Gasteiger partial charge is 0.108 e. The molecule has 3 heteroatoms. The van der Waals surface area contributed by atoms with Gasteiger partial charge >= 0.3 is 0 Å². The second kappa shape index (κ2) is 3.85. The molecule has 0 aromatic carbocycles. The quantitative estimate of drug-likeness (QED) is 0.594. The van der Waals surface area contributed by atoms with E-state index >= 15 is 0 Å². The Morgan fingerprint density at radius 1 is 1.33 bits per heavy atom. The van der Waals surface area contributed by atoms with Gasteiger partial charge in [-0.05, 0) is 12.1 Å². The van der Waals surface area contributed by atoms with Crippen LogP contribution in [0.2, 0.25) is 0 Å². The summed E-state index contributed by atoms with van der Waals surface area (Å²) in [6, 6.07) is 3.90. The lowest BCUT2D eigenvalue weighted by Gasteiger charge is -1.89. The molecule has 0 aliphatic rings. The molecule has 2 rings (SSSR count). The van der Waals surface area contributed by atoms with E-state index in [0.29, 0.717) is 0 Å². The average Bonchev–Trinajstić information content (AvgIpc) is 2.53. The van der Waals surface area contributed by atoms with Crippen molar-refractivity contribution in [2.75, 3.05) is 0 Å². The van der Waals surface area contributed by atoms with Crippen molar-refractivity contribution in [2.45, 2.75) is 13.8 Å². The Hall–Kier alpha value is -1.38. The SMILES string of the molecule is CC.Cn1ncc2ncccc21. The lowest BCUT2D eigenvalue weighted by Crippen LogP contribution is -1.87. The largest absolute Gasteiger partial charge is 0.266 e. The topological polar surface area (TPSA) is 30.7 Å². The second-order valence-electron chi connectivity index (χ2n) is 2.18. The molecule has 0 bridgehead atoms. The molecule has 2 heterocycles. The third kappa shape index (κ3) is 1.44. The van der Waals surface area contributed by atoms with Crippen LogP contribution in [0.4, 0.5) is 0 Å². The van der Waals surface area contributed by atoms with Crippen molar-refractivity contribution < 1.29 is 0 Å². The fraction of sp³-hybridized carbons (Fsp3) is 0.333. The van der Waals surface area contributed by atoms with Crippen LogP contribution in [0.3, 0.4) is 0 Å². The Bertz CT molecular complexity index is 351. The van der Waals surface area contributed by atoms with E-state index in [4.69, 9.17) is 0 Å². The van der Waals surface area contributed by atoms with E-state index in [1.54, 1.807) is 12.4 Å². The third-order valence-electron chi connectivity index (χ3n) is 1.52. The molecular formula is C9H13N3. The maximum Gasteiger partial charge on any atom is 0.108 e. The molecule has 64 valence electrons. The summed E-state index contributed by atoms with van der Waals surface area (Å²) in [5, 5.41) is 4.05. The molecular weight excluding hydrogens is 150 g/mol. The zero-order chi connectivity index (χ0) is 8.97. The molecule has 2 aromatic heterocycles. The van der Waals surface area contributed by atoms with E-state index in [9.17, 15) is 0 Å². The number of hydrogen-bond acceptors (Lipinski definition) is 2. The van der Waals surface area contributed by atoms with Crippen LogP contribution in [0.25, 0.3) is 11.0 Å². The molecule has 0 atom stereocenters. The number of fused-ring (bicyclic) bond motifs is 1. The summed E-state index contributed by atoms with van der Waals surface area (Å²) in [5.41, 5.74) is 2.02. The molecule has 0 spiro atoms. The zero-order valence-electron chi connectivity index (χ0n) is 7.65. The summed E-state index contributed by atoms with van der Waals surface area (Å²) in [7, 11) is 1.91. The van der Waals surface area contributed by atoms with Crippen molar-refractivity contribution in [1.82, 2.24) is 14.8 Å². The van der Waals surface area contributed by atoms with Gasteiger partial charge in [-0.15, -0.1) is 0 Å². The molecule has 0 saturated heterocycles. The van der Waals surface area contributed by atoms with Gasteiger partial charge in [0.2, 0.25) is 0 Å². The van der Waals surface area contributed by atoms with Gasteiger partial charge in [-0.3, -0.25) is 9.67 Å². The summed E-state index contributed by atoms with van der Waals surface area (Å²) in [6.07, 6.45) is 3.53. The number of nitrogens with zero attached hydrogens (tertiary/aromatic N) is 3. The molecule has 0 unspecified atom stereocenters. The molecule has 0 N–H and O–H groups in total. The van der Waals surface area contributed by atoms with Crippen LogP contribution in [-0.4, -0.2) is 14.8 Å². The predicted molar refractivity (Wildman–Crippen MR) is 49.9 cm³/mol. The highest BCUT2D eigenvalue weighted by Gasteiger charge is 1.95. The van der Waals surface area contributed by atoms with Gasteiger partial charge in [0.1, 0.15) is 5.52 Å². The van der Waals surface area contributed by atoms with Crippen molar-refractivity contribution in [3.63, 3.8) is 0 Å². The van der Waals surface area contributed by atoms with E-state index in [1.807, 2.05) is 37.7 Å². The molecule has 0 fully saturated rings. The summed E-state index contributed by atoms with van der Waals surface area (Å²) in [4.78, 5) is 4.12. The monoisotopic (exact) mass is 163 g/mol. The standard InChI is InChI=1S/C7H7N3.C2H6/c1-10-7-3-2-4-8-6(7)5-9-10;1-2/h2-5H,1H3;1-2H3. The highest BCUT2D eigenvalue weighted by Crippen LogP contribution is 2.06. The van der Waals surface area contributed by atoms with E-state index in [1.165, 1.54) is 0 Å². The molecule has 0 aliphatic heterocycles. The maximum absolute atomic E-state index is 4.12. The Labute approximate surface area is 72.0 Å². The van der Waals surface area contributed by atoms with Gasteiger partial charge in [0.15, 0.2) is 0 Å². The molecule has 0 radical (unpaired) electrons. The van der Waals surface area contributed by atoms with Gasteiger partial charge in [0, 0.05) is 13.2 Å². The fourth-order valence-electron chi connectivity index (χ4n) is 0.986. The van der Waals surface area contributed by atoms with Crippen LogP contribution < -0.4 is 0 Å². The first-order valence-electron chi connectivity index (χ1n) is 4.10. The van der Waals surface area contributed by atoms with Crippen LogP contribution >= 0.6 is 0 Å². The third-order valence-corrected chi connectivity index (χ3v) is 1.52. The van der Waals surface area contributed by atoms with Gasteiger partial charge in [-0.2, -0.15) is 5.10 Å². The van der Waals surface area contributed by atoms with Gasteiger partial charge in [0.05, 0.1) is 11.7 Å². The minimum Gasteiger partial charge on any atom is -0.266 e. The molecule has 12 heavy (non-hydrogen) atoms.